The zero-order valence-corrected chi connectivity index (χ0v) is 11.7. The number of carbonyl (C=O) groups is 2. The molecule has 1 rings (SSSR count). The van der Waals surface area contributed by atoms with Crippen molar-refractivity contribution in [3.8, 4) is 0 Å². The second kappa shape index (κ2) is 7.33. The summed E-state index contributed by atoms with van der Waals surface area (Å²) >= 11 is 0. The normalized spacial score (nSPS) is 24.8. The van der Waals surface area contributed by atoms with Gasteiger partial charge in [0.25, 0.3) is 0 Å². The minimum absolute atomic E-state index is 0.0119. The van der Waals surface area contributed by atoms with Crippen LogP contribution in [-0.4, -0.2) is 35.7 Å². The fourth-order valence-corrected chi connectivity index (χ4v) is 2.58. The SMILES string of the molecule is CC(C)C(NC(N)=O)C(=O)NC1CCCCC1CO. The van der Waals surface area contributed by atoms with Crippen LogP contribution in [0.4, 0.5) is 4.79 Å². The van der Waals surface area contributed by atoms with E-state index in [0.717, 1.165) is 25.7 Å². The molecule has 1 aliphatic carbocycles. The molecule has 0 saturated heterocycles. The number of rotatable bonds is 5. The van der Waals surface area contributed by atoms with E-state index >= 15 is 0 Å². The lowest BCUT2D eigenvalue weighted by molar-refractivity contribution is -0.125. The minimum Gasteiger partial charge on any atom is -0.396 e. The lowest BCUT2D eigenvalue weighted by Crippen LogP contribution is -2.55. The standard InChI is InChI=1S/C13H25N3O3/c1-8(2)11(16-13(14)19)12(18)15-10-6-4-3-5-9(10)7-17/h8-11,17H,3-7H2,1-2H3,(H,15,18)(H3,14,16,19). The molecule has 0 aliphatic heterocycles. The van der Waals surface area contributed by atoms with Gasteiger partial charge in [-0.05, 0) is 18.8 Å². The number of nitrogens with one attached hydrogen (secondary N) is 2. The van der Waals surface area contributed by atoms with Gasteiger partial charge in [0.2, 0.25) is 5.91 Å². The maximum absolute atomic E-state index is 12.2. The summed E-state index contributed by atoms with van der Waals surface area (Å²) in [5.41, 5.74) is 5.09. The Morgan fingerprint density at radius 3 is 2.47 bits per heavy atom. The molecule has 3 atom stereocenters. The summed E-state index contributed by atoms with van der Waals surface area (Å²) in [4.78, 5) is 23.1. The van der Waals surface area contributed by atoms with Gasteiger partial charge in [0.15, 0.2) is 0 Å². The van der Waals surface area contributed by atoms with E-state index in [-0.39, 0.29) is 30.4 Å². The molecular formula is C13H25N3O3. The molecular weight excluding hydrogens is 246 g/mol. The lowest BCUT2D eigenvalue weighted by Gasteiger charge is -2.32. The van der Waals surface area contributed by atoms with E-state index < -0.39 is 12.1 Å². The molecule has 6 heteroatoms. The Morgan fingerprint density at radius 2 is 1.95 bits per heavy atom. The molecule has 0 heterocycles. The maximum atomic E-state index is 12.2. The van der Waals surface area contributed by atoms with Crippen LogP contribution in [0, 0.1) is 11.8 Å². The van der Waals surface area contributed by atoms with Crippen LogP contribution in [0.3, 0.4) is 0 Å². The van der Waals surface area contributed by atoms with Crippen LogP contribution in [0.2, 0.25) is 0 Å². The van der Waals surface area contributed by atoms with E-state index in [1.165, 1.54) is 0 Å². The highest BCUT2D eigenvalue weighted by molar-refractivity contribution is 5.86. The molecule has 5 N–H and O–H groups in total. The van der Waals surface area contributed by atoms with Gasteiger partial charge >= 0.3 is 6.03 Å². The Kier molecular flexibility index (Phi) is 6.08. The Bertz CT molecular complexity index is 320. The molecule has 0 spiro atoms. The number of amides is 3. The van der Waals surface area contributed by atoms with Crippen LogP contribution >= 0.6 is 0 Å². The Hall–Kier alpha value is -1.30. The van der Waals surface area contributed by atoms with Crippen molar-refractivity contribution >= 4 is 11.9 Å². The topological polar surface area (TPSA) is 104 Å². The van der Waals surface area contributed by atoms with Gasteiger partial charge in [-0.25, -0.2) is 4.79 Å². The van der Waals surface area contributed by atoms with Crippen molar-refractivity contribution in [2.75, 3.05) is 6.61 Å². The molecule has 0 radical (unpaired) electrons. The van der Waals surface area contributed by atoms with Crippen molar-refractivity contribution in [2.45, 2.75) is 51.6 Å². The van der Waals surface area contributed by atoms with Crippen LogP contribution in [0.15, 0.2) is 0 Å². The second-order valence-corrected chi connectivity index (χ2v) is 5.57. The van der Waals surface area contributed by atoms with Gasteiger partial charge in [-0.2, -0.15) is 0 Å². The second-order valence-electron chi connectivity index (χ2n) is 5.57. The Balaban J connectivity index is 2.61. The third kappa shape index (κ3) is 4.70. The molecule has 6 nitrogen and oxygen atoms in total. The van der Waals surface area contributed by atoms with Crippen molar-refractivity contribution in [1.82, 2.24) is 10.6 Å². The third-order valence-electron chi connectivity index (χ3n) is 3.72. The van der Waals surface area contributed by atoms with Gasteiger partial charge in [-0.3, -0.25) is 4.79 Å². The summed E-state index contributed by atoms with van der Waals surface area (Å²) in [5.74, 6) is -0.151. The van der Waals surface area contributed by atoms with Crippen LogP contribution in [0.5, 0.6) is 0 Å². The van der Waals surface area contributed by atoms with E-state index in [2.05, 4.69) is 10.6 Å². The molecule has 0 bridgehead atoms. The zero-order chi connectivity index (χ0) is 14.4. The number of urea groups is 1. The number of aliphatic hydroxyl groups excluding tert-OH is 1. The van der Waals surface area contributed by atoms with E-state index in [4.69, 9.17) is 5.73 Å². The van der Waals surface area contributed by atoms with Crippen molar-refractivity contribution in [3.63, 3.8) is 0 Å². The Morgan fingerprint density at radius 1 is 1.32 bits per heavy atom. The number of primary amides is 1. The molecule has 1 saturated carbocycles. The average Bonchev–Trinajstić information content (AvgIpc) is 2.36. The average molecular weight is 271 g/mol. The number of aliphatic hydroxyl groups is 1. The molecule has 1 fully saturated rings. The molecule has 110 valence electrons. The van der Waals surface area contributed by atoms with Crippen LogP contribution in [-0.2, 0) is 4.79 Å². The molecule has 3 amide bonds. The van der Waals surface area contributed by atoms with Crippen molar-refractivity contribution in [2.24, 2.45) is 17.6 Å². The predicted octanol–water partition coefficient (Wildman–Crippen LogP) is 0.347. The molecule has 0 aromatic rings. The first-order valence-electron chi connectivity index (χ1n) is 6.93. The minimum atomic E-state index is -0.698. The maximum Gasteiger partial charge on any atom is 0.312 e. The summed E-state index contributed by atoms with van der Waals surface area (Å²) in [7, 11) is 0. The highest BCUT2D eigenvalue weighted by Gasteiger charge is 2.30. The fourth-order valence-electron chi connectivity index (χ4n) is 2.58. The van der Waals surface area contributed by atoms with Gasteiger partial charge < -0.3 is 21.5 Å². The van der Waals surface area contributed by atoms with Crippen LogP contribution in [0.1, 0.15) is 39.5 Å². The smallest absolute Gasteiger partial charge is 0.312 e. The summed E-state index contributed by atoms with van der Waals surface area (Å²) in [6.45, 7) is 3.79. The number of nitrogens with two attached hydrogens (primary N) is 1. The van der Waals surface area contributed by atoms with Crippen LogP contribution in [0.25, 0.3) is 0 Å². The summed E-state index contributed by atoms with van der Waals surface area (Å²) in [6, 6.07) is -1.34. The van der Waals surface area contributed by atoms with E-state index in [0.29, 0.717) is 0 Å². The number of hydrogen-bond acceptors (Lipinski definition) is 3. The summed E-state index contributed by atoms with van der Waals surface area (Å²) in [6.07, 6.45) is 3.94. The summed E-state index contributed by atoms with van der Waals surface area (Å²) in [5, 5.41) is 14.7. The first-order valence-corrected chi connectivity index (χ1v) is 6.93. The summed E-state index contributed by atoms with van der Waals surface area (Å²) < 4.78 is 0. The zero-order valence-electron chi connectivity index (χ0n) is 11.7. The number of carbonyl (C=O) groups excluding carboxylic acids is 2. The molecule has 0 aromatic carbocycles. The quantitative estimate of drug-likeness (QED) is 0.579. The van der Waals surface area contributed by atoms with Gasteiger partial charge in [-0.15, -0.1) is 0 Å². The molecule has 1 aliphatic rings. The highest BCUT2D eigenvalue weighted by Crippen LogP contribution is 2.24. The largest absolute Gasteiger partial charge is 0.396 e. The fraction of sp³-hybridized carbons (Fsp3) is 0.846. The van der Waals surface area contributed by atoms with Crippen molar-refractivity contribution in [1.29, 1.82) is 0 Å². The Labute approximate surface area is 114 Å². The van der Waals surface area contributed by atoms with Crippen molar-refractivity contribution in [3.05, 3.63) is 0 Å². The molecule has 3 unspecified atom stereocenters. The van der Waals surface area contributed by atoms with E-state index in [1.807, 2.05) is 13.8 Å². The van der Waals surface area contributed by atoms with Gasteiger partial charge in [0.05, 0.1) is 0 Å². The van der Waals surface area contributed by atoms with Crippen molar-refractivity contribution < 1.29 is 14.7 Å². The lowest BCUT2D eigenvalue weighted by atomic mass is 9.84. The first kappa shape index (κ1) is 15.8. The monoisotopic (exact) mass is 271 g/mol. The first-order chi connectivity index (χ1) is 8.95. The number of hydrogen-bond donors (Lipinski definition) is 4. The van der Waals surface area contributed by atoms with Gasteiger partial charge in [0, 0.05) is 18.6 Å². The third-order valence-corrected chi connectivity index (χ3v) is 3.72. The molecule has 19 heavy (non-hydrogen) atoms. The molecule has 0 aromatic heterocycles. The van der Waals surface area contributed by atoms with Crippen LogP contribution < -0.4 is 16.4 Å². The van der Waals surface area contributed by atoms with E-state index in [1.54, 1.807) is 0 Å². The predicted molar refractivity (Wildman–Crippen MR) is 72.3 cm³/mol. The van der Waals surface area contributed by atoms with Gasteiger partial charge in [0.1, 0.15) is 6.04 Å². The van der Waals surface area contributed by atoms with Gasteiger partial charge in [-0.1, -0.05) is 26.7 Å². The van der Waals surface area contributed by atoms with E-state index in [9.17, 15) is 14.7 Å². The highest BCUT2D eigenvalue weighted by atomic mass is 16.3.